The fourth-order valence-corrected chi connectivity index (χ4v) is 3.65. The second-order valence-electron chi connectivity index (χ2n) is 4.52. The molecule has 0 bridgehead atoms. The minimum absolute atomic E-state index is 0.147. The van der Waals surface area contributed by atoms with Crippen LogP contribution in [0, 0.1) is 0 Å². The molecule has 1 fully saturated rings. The number of aromatic nitrogens is 2. The topological polar surface area (TPSA) is 49.8 Å². The van der Waals surface area contributed by atoms with Crippen molar-refractivity contribution in [2.24, 2.45) is 0 Å². The molecule has 3 rings (SSSR count). The lowest BCUT2D eigenvalue weighted by Gasteiger charge is -2.26. The number of nitrogens with zero attached hydrogens (tertiary/aromatic N) is 1. The van der Waals surface area contributed by atoms with Crippen LogP contribution in [0.15, 0.2) is 4.79 Å². The molecule has 4 nitrogen and oxygen atoms in total. The third-order valence-electron chi connectivity index (χ3n) is 3.54. The maximum atomic E-state index is 11.8. The van der Waals surface area contributed by atoms with E-state index in [0.717, 1.165) is 49.4 Å². The van der Waals surface area contributed by atoms with Gasteiger partial charge >= 0.3 is 0 Å². The van der Waals surface area contributed by atoms with Gasteiger partial charge in [0.15, 0.2) is 0 Å². The molecular weight excluding hydrogens is 222 g/mol. The van der Waals surface area contributed by atoms with Gasteiger partial charge < -0.3 is 5.32 Å². The van der Waals surface area contributed by atoms with Crippen molar-refractivity contribution in [3.63, 3.8) is 0 Å². The smallest absolute Gasteiger partial charge is 0.267 e. The van der Waals surface area contributed by atoms with Gasteiger partial charge in [0, 0.05) is 11.3 Å². The standard InChI is InChI=1S/C11H17N3OS/c15-11-9-3-6-16-7-10(9)14(13-11)8-1-4-12-5-2-8/h8,12H,1-7H2,(H,13,15). The van der Waals surface area contributed by atoms with Crippen molar-refractivity contribution < 1.29 is 0 Å². The fraction of sp³-hybridized carbons (Fsp3) is 0.727. The Hall–Kier alpha value is -0.680. The maximum absolute atomic E-state index is 11.8. The van der Waals surface area contributed by atoms with Gasteiger partial charge in [-0.3, -0.25) is 14.6 Å². The molecule has 0 aromatic carbocycles. The van der Waals surface area contributed by atoms with Crippen LogP contribution in [-0.4, -0.2) is 28.6 Å². The fourth-order valence-electron chi connectivity index (χ4n) is 2.65. The van der Waals surface area contributed by atoms with Gasteiger partial charge in [-0.1, -0.05) is 0 Å². The zero-order valence-corrected chi connectivity index (χ0v) is 10.1. The number of thioether (sulfide) groups is 1. The molecule has 16 heavy (non-hydrogen) atoms. The second kappa shape index (κ2) is 4.30. The van der Waals surface area contributed by atoms with E-state index in [1.54, 1.807) is 0 Å². The lowest BCUT2D eigenvalue weighted by molar-refractivity contribution is 0.336. The minimum atomic E-state index is 0.147. The Labute approximate surface area is 98.8 Å². The zero-order valence-electron chi connectivity index (χ0n) is 9.29. The Bertz CT molecular complexity index is 431. The highest BCUT2D eigenvalue weighted by atomic mass is 32.2. The lowest BCUT2D eigenvalue weighted by Crippen LogP contribution is -2.31. The Morgan fingerprint density at radius 2 is 2.12 bits per heavy atom. The molecule has 3 heterocycles. The summed E-state index contributed by atoms with van der Waals surface area (Å²) in [4.78, 5) is 11.8. The molecule has 1 saturated heterocycles. The first-order chi connectivity index (χ1) is 7.86. The van der Waals surface area contributed by atoms with E-state index in [1.807, 2.05) is 11.8 Å². The molecule has 0 radical (unpaired) electrons. The first kappa shape index (κ1) is 10.5. The molecule has 0 unspecified atom stereocenters. The van der Waals surface area contributed by atoms with E-state index in [9.17, 15) is 4.79 Å². The first-order valence-electron chi connectivity index (χ1n) is 5.97. The number of hydrogen-bond donors (Lipinski definition) is 2. The summed E-state index contributed by atoms with van der Waals surface area (Å²) in [7, 11) is 0. The maximum Gasteiger partial charge on any atom is 0.267 e. The highest BCUT2D eigenvalue weighted by Gasteiger charge is 2.24. The summed E-state index contributed by atoms with van der Waals surface area (Å²) >= 11 is 1.93. The number of aromatic amines is 1. The third-order valence-corrected chi connectivity index (χ3v) is 4.51. The summed E-state index contributed by atoms with van der Waals surface area (Å²) in [5, 5.41) is 6.41. The van der Waals surface area contributed by atoms with Crippen LogP contribution in [0.2, 0.25) is 0 Å². The molecule has 0 spiro atoms. The lowest BCUT2D eigenvalue weighted by atomic mass is 10.1. The molecule has 2 aliphatic rings. The van der Waals surface area contributed by atoms with Crippen LogP contribution in [0.1, 0.15) is 30.1 Å². The van der Waals surface area contributed by atoms with E-state index in [1.165, 1.54) is 5.69 Å². The normalized spacial score (nSPS) is 22.0. The highest BCUT2D eigenvalue weighted by Crippen LogP contribution is 2.27. The summed E-state index contributed by atoms with van der Waals surface area (Å²) in [6.07, 6.45) is 3.19. The van der Waals surface area contributed by atoms with Gasteiger partial charge in [0.1, 0.15) is 0 Å². The van der Waals surface area contributed by atoms with Gasteiger partial charge in [-0.25, -0.2) is 0 Å². The van der Waals surface area contributed by atoms with Crippen LogP contribution < -0.4 is 10.9 Å². The van der Waals surface area contributed by atoms with Crippen LogP contribution >= 0.6 is 11.8 Å². The molecule has 0 atom stereocenters. The van der Waals surface area contributed by atoms with E-state index in [2.05, 4.69) is 15.1 Å². The summed E-state index contributed by atoms with van der Waals surface area (Å²) in [5.74, 6) is 2.09. The zero-order chi connectivity index (χ0) is 11.0. The molecule has 0 amide bonds. The van der Waals surface area contributed by atoms with E-state index in [4.69, 9.17) is 0 Å². The largest absolute Gasteiger partial charge is 0.317 e. The summed E-state index contributed by atoms with van der Waals surface area (Å²) in [6.45, 7) is 2.12. The number of rotatable bonds is 1. The van der Waals surface area contributed by atoms with Crippen LogP contribution in [0.25, 0.3) is 0 Å². The van der Waals surface area contributed by atoms with Crippen molar-refractivity contribution in [3.05, 3.63) is 21.6 Å². The molecular formula is C11H17N3OS. The number of fused-ring (bicyclic) bond motifs is 1. The summed E-state index contributed by atoms with van der Waals surface area (Å²) in [6, 6.07) is 0.497. The summed E-state index contributed by atoms with van der Waals surface area (Å²) in [5.41, 5.74) is 2.44. The molecule has 88 valence electrons. The Kier molecular flexibility index (Phi) is 2.81. The van der Waals surface area contributed by atoms with Crippen LogP contribution in [0.3, 0.4) is 0 Å². The Balaban J connectivity index is 1.97. The number of H-pyrrole nitrogens is 1. The Morgan fingerprint density at radius 1 is 1.31 bits per heavy atom. The molecule has 0 aliphatic carbocycles. The number of hydrogen-bond acceptors (Lipinski definition) is 3. The van der Waals surface area contributed by atoms with Crippen molar-refractivity contribution in [3.8, 4) is 0 Å². The van der Waals surface area contributed by atoms with E-state index < -0.39 is 0 Å². The number of piperidine rings is 1. The van der Waals surface area contributed by atoms with E-state index >= 15 is 0 Å². The van der Waals surface area contributed by atoms with Crippen LogP contribution in [-0.2, 0) is 12.2 Å². The molecule has 0 saturated carbocycles. The molecule has 2 N–H and O–H groups in total. The minimum Gasteiger partial charge on any atom is -0.317 e. The van der Waals surface area contributed by atoms with Crippen LogP contribution in [0.4, 0.5) is 0 Å². The van der Waals surface area contributed by atoms with E-state index in [0.29, 0.717) is 6.04 Å². The SMILES string of the molecule is O=c1[nH]n(C2CCNCC2)c2c1CCSC2. The predicted molar refractivity (Wildman–Crippen MR) is 66.1 cm³/mol. The molecule has 1 aromatic rings. The average Bonchev–Trinajstić information content (AvgIpc) is 2.69. The van der Waals surface area contributed by atoms with Crippen molar-refractivity contribution in [2.45, 2.75) is 31.1 Å². The Morgan fingerprint density at radius 3 is 2.94 bits per heavy atom. The van der Waals surface area contributed by atoms with Crippen molar-refractivity contribution in [1.82, 2.24) is 15.1 Å². The quantitative estimate of drug-likeness (QED) is 0.765. The first-order valence-corrected chi connectivity index (χ1v) is 7.12. The summed E-state index contributed by atoms with van der Waals surface area (Å²) < 4.78 is 2.16. The van der Waals surface area contributed by atoms with Gasteiger partial charge in [0.2, 0.25) is 0 Å². The number of nitrogens with one attached hydrogen (secondary N) is 2. The van der Waals surface area contributed by atoms with Gasteiger partial charge in [-0.05, 0) is 38.1 Å². The van der Waals surface area contributed by atoms with Crippen molar-refractivity contribution in [1.29, 1.82) is 0 Å². The predicted octanol–water partition coefficient (Wildman–Crippen LogP) is 0.890. The van der Waals surface area contributed by atoms with Gasteiger partial charge in [-0.2, -0.15) is 11.8 Å². The highest BCUT2D eigenvalue weighted by molar-refractivity contribution is 7.98. The van der Waals surface area contributed by atoms with E-state index in [-0.39, 0.29) is 5.56 Å². The van der Waals surface area contributed by atoms with Gasteiger partial charge in [0.25, 0.3) is 5.56 Å². The van der Waals surface area contributed by atoms with Crippen molar-refractivity contribution in [2.75, 3.05) is 18.8 Å². The average molecular weight is 239 g/mol. The molecule has 1 aromatic heterocycles. The molecule has 5 heteroatoms. The molecule has 2 aliphatic heterocycles. The third kappa shape index (κ3) is 1.72. The monoisotopic (exact) mass is 239 g/mol. The van der Waals surface area contributed by atoms with Gasteiger partial charge in [0.05, 0.1) is 11.7 Å². The second-order valence-corrected chi connectivity index (χ2v) is 5.63. The van der Waals surface area contributed by atoms with Gasteiger partial charge in [-0.15, -0.1) is 0 Å². The van der Waals surface area contributed by atoms with Crippen LogP contribution in [0.5, 0.6) is 0 Å². The van der Waals surface area contributed by atoms with Crippen molar-refractivity contribution >= 4 is 11.8 Å².